The number of halogens is 3. The van der Waals surface area contributed by atoms with Gasteiger partial charge in [0.25, 0.3) is 16.4 Å². The highest BCUT2D eigenvalue weighted by atomic mass is 35.5. The van der Waals surface area contributed by atoms with E-state index in [0.29, 0.717) is 35.4 Å². The molecule has 0 aliphatic carbocycles. The molecule has 2 aromatic carbocycles. The third kappa shape index (κ3) is 5.50. The van der Waals surface area contributed by atoms with Gasteiger partial charge in [-0.1, -0.05) is 35.9 Å². The Labute approximate surface area is 244 Å². The van der Waals surface area contributed by atoms with Crippen molar-refractivity contribution in [3.63, 3.8) is 0 Å². The first-order valence-corrected chi connectivity index (χ1v) is 14.2. The van der Waals surface area contributed by atoms with E-state index in [2.05, 4.69) is 24.7 Å². The number of anilines is 1. The van der Waals surface area contributed by atoms with Crippen LogP contribution < -0.4 is 18.9 Å². The molecule has 0 saturated carbocycles. The van der Waals surface area contributed by atoms with Crippen LogP contribution in [0, 0.1) is 0 Å². The minimum atomic E-state index is -4.30. The molecule has 15 heteroatoms. The van der Waals surface area contributed by atoms with E-state index in [-0.39, 0.29) is 38.5 Å². The van der Waals surface area contributed by atoms with E-state index in [0.717, 1.165) is 24.3 Å². The average molecular weight is 617 g/mol. The molecule has 3 aromatic heterocycles. The van der Waals surface area contributed by atoms with Crippen molar-refractivity contribution in [1.29, 1.82) is 0 Å². The number of nitrogens with one attached hydrogen (secondary N) is 1. The minimum Gasteiger partial charge on any atom is -0.494 e. The molecule has 11 nitrogen and oxygen atoms in total. The van der Waals surface area contributed by atoms with Crippen molar-refractivity contribution in [2.75, 3.05) is 25.5 Å². The second-order valence-corrected chi connectivity index (χ2v) is 10.6. The summed E-state index contributed by atoms with van der Waals surface area (Å²) in [5, 5.41) is -0.297. The van der Waals surface area contributed by atoms with Gasteiger partial charge < -0.3 is 14.2 Å². The lowest BCUT2D eigenvalue weighted by Crippen LogP contribution is -2.15. The van der Waals surface area contributed by atoms with Gasteiger partial charge in [-0.2, -0.15) is 0 Å². The van der Waals surface area contributed by atoms with Crippen LogP contribution in [0.25, 0.3) is 28.5 Å². The van der Waals surface area contributed by atoms with Gasteiger partial charge in [0.2, 0.25) is 5.88 Å². The summed E-state index contributed by atoms with van der Waals surface area (Å²) in [4.78, 5) is 17.7. The summed E-state index contributed by atoms with van der Waals surface area (Å²) in [6.45, 7) is 2.22. The highest BCUT2D eigenvalue weighted by molar-refractivity contribution is 7.92. The molecule has 3 heterocycles. The van der Waals surface area contributed by atoms with Crippen LogP contribution in [0.2, 0.25) is 5.15 Å². The number of imidazole rings is 1. The second kappa shape index (κ2) is 11.7. The van der Waals surface area contributed by atoms with Crippen LogP contribution in [-0.4, -0.2) is 53.7 Å². The largest absolute Gasteiger partial charge is 0.494 e. The summed E-state index contributed by atoms with van der Waals surface area (Å²) in [5.41, 5.74) is 0.600. The molecule has 0 unspecified atom stereocenters. The van der Waals surface area contributed by atoms with Gasteiger partial charge >= 0.3 is 0 Å². The smallest absolute Gasteiger partial charge is 0.263 e. The Bertz CT molecular complexity index is 1850. The highest BCUT2D eigenvalue weighted by Gasteiger charge is 2.26. The molecule has 1 N–H and O–H groups in total. The molecule has 5 rings (SSSR count). The van der Waals surface area contributed by atoms with Crippen LogP contribution in [0.3, 0.4) is 0 Å². The quantitative estimate of drug-likeness (QED) is 0.210. The fourth-order valence-electron chi connectivity index (χ4n) is 4.12. The van der Waals surface area contributed by atoms with Gasteiger partial charge in [0.05, 0.1) is 25.7 Å². The topological polar surface area (TPSA) is 130 Å². The number of para-hydroxylation sites is 1. The lowest BCUT2D eigenvalue weighted by atomic mass is 10.2. The van der Waals surface area contributed by atoms with E-state index < -0.39 is 16.4 Å². The minimum absolute atomic E-state index is 0.0656. The number of nitrogens with zero attached hydrogens (tertiary/aromatic N) is 5. The number of pyridine rings is 1. The van der Waals surface area contributed by atoms with Gasteiger partial charge in [0.1, 0.15) is 22.9 Å². The summed E-state index contributed by atoms with van der Waals surface area (Å²) < 4.78 is 72.9. The third-order valence-electron chi connectivity index (χ3n) is 6.00. The highest BCUT2D eigenvalue weighted by Crippen LogP contribution is 2.38. The number of hydrogen-bond donors (Lipinski definition) is 1. The summed E-state index contributed by atoms with van der Waals surface area (Å²) >= 11 is 6.37. The van der Waals surface area contributed by atoms with Crippen LogP contribution in [0.1, 0.15) is 18.9 Å². The fraction of sp³-hybridized carbons (Fsp3) is 0.185. The van der Waals surface area contributed by atoms with Crippen molar-refractivity contribution in [1.82, 2.24) is 24.5 Å². The van der Waals surface area contributed by atoms with Crippen LogP contribution in [0.4, 0.5) is 14.6 Å². The van der Waals surface area contributed by atoms with Crippen molar-refractivity contribution in [3.8, 4) is 34.6 Å². The zero-order chi connectivity index (χ0) is 30.0. The first kappa shape index (κ1) is 29.0. The first-order valence-electron chi connectivity index (χ1n) is 12.3. The molecule has 218 valence electrons. The molecule has 0 bridgehead atoms. The van der Waals surface area contributed by atoms with Gasteiger partial charge in [-0.05, 0) is 37.3 Å². The molecule has 0 radical (unpaired) electrons. The zero-order valence-electron chi connectivity index (χ0n) is 22.4. The number of methoxy groups -OCH3 is 2. The van der Waals surface area contributed by atoms with Crippen molar-refractivity contribution in [2.45, 2.75) is 18.2 Å². The van der Waals surface area contributed by atoms with Crippen molar-refractivity contribution in [3.05, 3.63) is 71.4 Å². The van der Waals surface area contributed by atoms with Gasteiger partial charge in [-0.3, -0.25) is 9.29 Å². The Hall–Kier alpha value is -4.56. The predicted molar refractivity (Wildman–Crippen MR) is 151 cm³/mol. The monoisotopic (exact) mass is 616 g/mol. The number of hydrogen-bond acceptors (Lipinski definition) is 9. The number of ether oxygens (including phenoxy) is 3. The summed E-state index contributed by atoms with van der Waals surface area (Å²) in [5.74, 6) is 1.06. The van der Waals surface area contributed by atoms with Crippen LogP contribution >= 0.6 is 11.6 Å². The third-order valence-corrected chi connectivity index (χ3v) is 7.61. The molecule has 0 aliphatic heterocycles. The fourth-order valence-corrected chi connectivity index (χ4v) is 5.36. The van der Waals surface area contributed by atoms with E-state index in [9.17, 15) is 17.2 Å². The number of benzene rings is 2. The average Bonchev–Trinajstić information content (AvgIpc) is 3.34. The summed E-state index contributed by atoms with van der Waals surface area (Å²) in [6.07, 6.45) is -2.75. The zero-order valence-corrected chi connectivity index (χ0v) is 23.9. The normalized spacial score (nSPS) is 11.6. The number of rotatable bonds is 10. The number of fused-ring (bicyclic) bond motifs is 1. The Kier molecular flexibility index (Phi) is 8.09. The molecule has 0 saturated heterocycles. The Morgan fingerprint density at radius 2 is 1.60 bits per heavy atom. The Morgan fingerprint density at radius 3 is 2.21 bits per heavy atom. The maximum atomic E-state index is 13.1. The van der Waals surface area contributed by atoms with Crippen molar-refractivity contribution >= 4 is 38.7 Å². The van der Waals surface area contributed by atoms with E-state index in [1.54, 1.807) is 41.0 Å². The Balaban J connectivity index is 1.72. The lowest BCUT2D eigenvalue weighted by Gasteiger charge is -2.16. The number of alkyl halides is 2. The van der Waals surface area contributed by atoms with Crippen molar-refractivity contribution in [2.24, 2.45) is 0 Å². The maximum Gasteiger partial charge on any atom is 0.263 e. The molecule has 0 spiro atoms. The number of aromatic nitrogens is 5. The molecular weight excluding hydrogens is 594 g/mol. The summed E-state index contributed by atoms with van der Waals surface area (Å²) in [7, 11) is -1.34. The van der Waals surface area contributed by atoms with Gasteiger partial charge in [0, 0.05) is 11.6 Å². The van der Waals surface area contributed by atoms with Crippen molar-refractivity contribution < 1.29 is 31.4 Å². The first-order chi connectivity index (χ1) is 20.2. The van der Waals surface area contributed by atoms with Crippen LogP contribution in [-0.2, 0) is 10.0 Å². The molecule has 42 heavy (non-hydrogen) atoms. The SMILES string of the molecule is CCOc1cccc(-c2nc3nc(Cl)c(NS(=O)(=O)c4ccc(C(F)F)cc4)nc3n2-c2c(OC)cccc2OC)n1. The van der Waals surface area contributed by atoms with E-state index in [1.807, 2.05) is 6.92 Å². The Morgan fingerprint density at radius 1 is 0.929 bits per heavy atom. The molecule has 0 amide bonds. The van der Waals surface area contributed by atoms with Gasteiger partial charge in [-0.15, -0.1) is 0 Å². The maximum absolute atomic E-state index is 13.1. The second-order valence-electron chi connectivity index (χ2n) is 8.56. The molecule has 0 atom stereocenters. The van der Waals surface area contributed by atoms with Gasteiger partial charge in [-0.25, -0.2) is 37.1 Å². The molecule has 0 fully saturated rings. The van der Waals surface area contributed by atoms with E-state index in [1.165, 1.54) is 14.2 Å². The number of sulfonamides is 1. The molecule has 0 aliphatic rings. The van der Waals surface area contributed by atoms with E-state index in [4.69, 9.17) is 25.8 Å². The summed E-state index contributed by atoms with van der Waals surface area (Å²) in [6, 6.07) is 14.4. The standard InChI is InChI=1S/C27H23ClF2N6O5S/c1-4-41-20-10-5-7-17(31-20)26-34-25-27(36(26)21-18(39-2)8-6-9-19(21)40-3)33-24(22(28)32-25)35-42(37,38)16-13-11-15(12-14-16)23(29)30/h5-14,23H,4H2,1-3H3,(H,33,35). The molecule has 5 aromatic rings. The van der Waals surface area contributed by atoms with Crippen LogP contribution in [0.15, 0.2) is 65.6 Å². The molecular formula is C27H23ClF2N6O5S. The lowest BCUT2D eigenvalue weighted by molar-refractivity contribution is 0.151. The van der Waals surface area contributed by atoms with Crippen LogP contribution in [0.5, 0.6) is 17.4 Å². The van der Waals surface area contributed by atoms with Gasteiger partial charge in [0.15, 0.2) is 28.1 Å². The van der Waals surface area contributed by atoms with E-state index >= 15 is 0 Å². The predicted octanol–water partition coefficient (Wildman–Crippen LogP) is 5.69.